The number of hydrogen-bond acceptors (Lipinski definition) is 6. The number of fused-ring (bicyclic) bond motifs is 1. The highest BCUT2D eigenvalue weighted by atomic mass is 32.1. The molecule has 1 amide bonds. The number of anilines is 1. The summed E-state index contributed by atoms with van der Waals surface area (Å²) in [7, 11) is 0. The van der Waals surface area contributed by atoms with Gasteiger partial charge in [0.15, 0.2) is 5.69 Å². The molecule has 3 rings (SSSR count). The van der Waals surface area contributed by atoms with Crippen LogP contribution in [0.25, 0.3) is 10.8 Å². The Morgan fingerprint density at radius 2 is 1.85 bits per heavy atom. The molecular weight excluding hydrogens is 350 g/mol. The summed E-state index contributed by atoms with van der Waals surface area (Å²) in [6.07, 6.45) is 0.812. The summed E-state index contributed by atoms with van der Waals surface area (Å²) < 4.78 is 1.33. The van der Waals surface area contributed by atoms with E-state index in [-0.39, 0.29) is 17.3 Å². The first-order valence-corrected chi connectivity index (χ1v) is 9.33. The van der Waals surface area contributed by atoms with E-state index in [1.165, 1.54) is 16.0 Å². The molecule has 0 atom stereocenters. The first kappa shape index (κ1) is 18.2. The summed E-state index contributed by atoms with van der Waals surface area (Å²) >= 11 is 1.35. The number of hydrogen-bond donors (Lipinski definition) is 1. The van der Waals surface area contributed by atoms with Crippen LogP contribution in [-0.2, 0) is 6.42 Å². The normalized spacial score (nSPS) is 11.5. The molecule has 26 heavy (non-hydrogen) atoms. The summed E-state index contributed by atoms with van der Waals surface area (Å²) in [4.78, 5) is 25.4. The Morgan fingerprint density at radius 3 is 2.50 bits per heavy atom. The Hall–Kier alpha value is -2.61. The minimum absolute atomic E-state index is 0.155. The molecule has 2 aromatic heterocycles. The molecule has 136 valence electrons. The molecule has 0 spiro atoms. The van der Waals surface area contributed by atoms with E-state index in [1.807, 2.05) is 13.8 Å². The molecule has 0 saturated heterocycles. The van der Waals surface area contributed by atoms with Crippen molar-refractivity contribution in [2.75, 3.05) is 5.32 Å². The number of carbonyl (C=O) groups is 1. The highest BCUT2D eigenvalue weighted by Crippen LogP contribution is 2.20. The first-order valence-electron chi connectivity index (χ1n) is 8.52. The SMILES string of the molecule is CC(C)Cc1nnc(NC(=O)c2nn(C(C)C)c(=O)c3ccccc23)s1. The zero-order chi connectivity index (χ0) is 18.8. The predicted molar refractivity (Wildman–Crippen MR) is 103 cm³/mol. The quantitative estimate of drug-likeness (QED) is 0.743. The lowest BCUT2D eigenvalue weighted by molar-refractivity contribution is 0.102. The van der Waals surface area contributed by atoms with Crippen molar-refractivity contribution in [3.8, 4) is 0 Å². The zero-order valence-corrected chi connectivity index (χ0v) is 16.0. The summed E-state index contributed by atoms with van der Waals surface area (Å²) in [6, 6.07) is 6.84. The van der Waals surface area contributed by atoms with E-state index in [0.717, 1.165) is 11.4 Å². The molecule has 0 unspecified atom stereocenters. The second kappa shape index (κ2) is 7.33. The maximum absolute atomic E-state index is 12.8. The van der Waals surface area contributed by atoms with Crippen LogP contribution in [0.1, 0.15) is 49.2 Å². The van der Waals surface area contributed by atoms with Crippen LogP contribution in [0, 0.1) is 5.92 Å². The smallest absolute Gasteiger partial charge is 0.278 e. The molecule has 0 aliphatic rings. The van der Waals surface area contributed by atoms with Gasteiger partial charge in [0.05, 0.1) is 11.4 Å². The maximum atomic E-state index is 12.8. The second-order valence-corrected chi connectivity index (χ2v) is 7.85. The van der Waals surface area contributed by atoms with Crippen LogP contribution >= 0.6 is 11.3 Å². The molecular formula is C18H21N5O2S. The van der Waals surface area contributed by atoms with Crippen molar-refractivity contribution in [1.82, 2.24) is 20.0 Å². The molecule has 0 saturated carbocycles. The molecule has 0 aliphatic carbocycles. The van der Waals surface area contributed by atoms with Gasteiger partial charge in [0.1, 0.15) is 5.01 Å². The summed E-state index contributed by atoms with van der Waals surface area (Å²) in [5, 5.41) is 17.5. The second-order valence-electron chi connectivity index (χ2n) is 6.79. The lowest BCUT2D eigenvalue weighted by atomic mass is 10.1. The Labute approximate surface area is 155 Å². The number of nitrogens with one attached hydrogen (secondary N) is 1. The average Bonchev–Trinajstić information content (AvgIpc) is 3.01. The van der Waals surface area contributed by atoms with Gasteiger partial charge in [-0.05, 0) is 25.8 Å². The van der Waals surface area contributed by atoms with Gasteiger partial charge in [0, 0.05) is 11.8 Å². The number of benzene rings is 1. The number of nitrogens with zero attached hydrogens (tertiary/aromatic N) is 4. The van der Waals surface area contributed by atoms with Gasteiger partial charge in [-0.3, -0.25) is 14.9 Å². The van der Waals surface area contributed by atoms with Crippen molar-refractivity contribution < 1.29 is 4.79 Å². The van der Waals surface area contributed by atoms with Crippen LogP contribution in [0.2, 0.25) is 0 Å². The van der Waals surface area contributed by atoms with Crippen LogP contribution in [0.15, 0.2) is 29.1 Å². The van der Waals surface area contributed by atoms with Crippen molar-refractivity contribution in [2.24, 2.45) is 5.92 Å². The minimum Gasteiger partial charge on any atom is -0.295 e. The van der Waals surface area contributed by atoms with Gasteiger partial charge >= 0.3 is 0 Å². The summed E-state index contributed by atoms with van der Waals surface area (Å²) in [6.45, 7) is 7.91. The molecule has 2 heterocycles. The van der Waals surface area contributed by atoms with Gasteiger partial charge in [0.2, 0.25) is 5.13 Å². The largest absolute Gasteiger partial charge is 0.295 e. The fraction of sp³-hybridized carbons (Fsp3) is 0.389. The van der Waals surface area contributed by atoms with Crippen LogP contribution in [0.3, 0.4) is 0 Å². The number of carbonyl (C=O) groups excluding carboxylic acids is 1. The molecule has 0 bridgehead atoms. The van der Waals surface area contributed by atoms with E-state index >= 15 is 0 Å². The molecule has 0 aliphatic heterocycles. The van der Waals surface area contributed by atoms with Crippen molar-refractivity contribution in [3.63, 3.8) is 0 Å². The Bertz CT molecular complexity index is 1010. The van der Waals surface area contributed by atoms with Gasteiger partial charge in [-0.1, -0.05) is 43.4 Å². The lowest BCUT2D eigenvalue weighted by Gasteiger charge is -2.12. The van der Waals surface area contributed by atoms with E-state index in [2.05, 4.69) is 34.5 Å². The molecule has 1 N–H and O–H groups in total. The molecule has 8 heteroatoms. The van der Waals surface area contributed by atoms with Gasteiger partial charge in [0.25, 0.3) is 11.5 Å². The fourth-order valence-corrected chi connectivity index (χ4v) is 3.56. The van der Waals surface area contributed by atoms with Crippen molar-refractivity contribution in [1.29, 1.82) is 0 Å². The maximum Gasteiger partial charge on any atom is 0.278 e. The summed E-state index contributed by atoms with van der Waals surface area (Å²) in [5.41, 5.74) is -0.00297. The van der Waals surface area contributed by atoms with Crippen LogP contribution in [0.5, 0.6) is 0 Å². The van der Waals surface area contributed by atoms with E-state index in [1.54, 1.807) is 24.3 Å². The highest BCUT2D eigenvalue weighted by molar-refractivity contribution is 7.15. The third-order valence-corrected chi connectivity index (χ3v) is 4.66. The van der Waals surface area contributed by atoms with Gasteiger partial charge in [-0.2, -0.15) is 5.10 Å². The molecule has 0 fully saturated rings. The van der Waals surface area contributed by atoms with E-state index in [0.29, 0.717) is 21.8 Å². The molecule has 3 aromatic rings. The van der Waals surface area contributed by atoms with E-state index < -0.39 is 5.91 Å². The Morgan fingerprint density at radius 1 is 1.15 bits per heavy atom. The average molecular weight is 371 g/mol. The van der Waals surface area contributed by atoms with Gasteiger partial charge in [-0.15, -0.1) is 10.2 Å². The number of rotatable bonds is 5. The third-order valence-electron chi connectivity index (χ3n) is 3.80. The van der Waals surface area contributed by atoms with Crippen LogP contribution in [-0.4, -0.2) is 25.9 Å². The zero-order valence-electron chi connectivity index (χ0n) is 15.2. The molecule has 1 aromatic carbocycles. The summed E-state index contributed by atoms with van der Waals surface area (Å²) in [5.74, 6) is 0.0644. The topological polar surface area (TPSA) is 89.8 Å². The van der Waals surface area contributed by atoms with E-state index in [9.17, 15) is 9.59 Å². The number of aromatic nitrogens is 4. The standard InChI is InChI=1S/C18H21N5O2S/c1-10(2)9-14-20-21-18(26-14)19-16(24)15-12-7-5-6-8-13(12)17(25)23(22-15)11(3)4/h5-8,10-11H,9H2,1-4H3,(H,19,21,24). The monoisotopic (exact) mass is 371 g/mol. The van der Waals surface area contributed by atoms with E-state index in [4.69, 9.17) is 0 Å². The lowest BCUT2D eigenvalue weighted by Crippen LogP contribution is -2.28. The van der Waals surface area contributed by atoms with Crippen LogP contribution < -0.4 is 10.9 Å². The first-order chi connectivity index (χ1) is 12.4. The molecule has 0 radical (unpaired) electrons. The predicted octanol–water partition coefficient (Wildman–Crippen LogP) is 3.28. The highest BCUT2D eigenvalue weighted by Gasteiger charge is 2.19. The van der Waals surface area contributed by atoms with Gasteiger partial charge in [-0.25, -0.2) is 4.68 Å². The van der Waals surface area contributed by atoms with Gasteiger partial charge < -0.3 is 0 Å². The molecule has 7 nitrogen and oxygen atoms in total. The third kappa shape index (κ3) is 3.65. The Kier molecular flexibility index (Phi) is 5.13. The minimum atomic E-state index is -0.400. The van der Waals surface area contributed by atoms with Crippen LogP contribution in [0.4, 0.5) is 5.13 Å². The fourth-order valence-electron chi connectivity index (χ4n) is 2.62. The van der Waals surface area contributed by atoms with Crippen molar-refractivity contribution in [3.05, 3.63) is 45.3 Å². The van der Waals surface area contributed by atoms with Crippen molar-refractivity contribution in [2.45, 2.75) is 40.2 Å². The Balaban J connectivity index is 1.99. The number of amides is 1. The van der Waals surface area contributed by atoms with Crippen molar-refractivity contribution >= 4 is 33.1 Å².